The molecule has 5 rings (SSSR count). The van der Waals surface area contributed by atoms with E-state index in [0.29, 0.717) is 35.3 Å². The van der Waals surface area contributed by atoms with Crippen LogP contribution >= 0.6 is 15.9 Å². The minimum atomic E-state index is -0.814. The Balaban J connectivity index is 1.68. The van der Waals surface area contributed by atoms with Gasteiger partial charge in [-0.25, -0.2) is 4.39 Å². The van der Waals surface area contributed by atoms with Crippen molar-refractivity contribution in [1.29, 1.82) is 0 Å². The molecule has 0 saturated carbocycles. The van der Waals surface area contributed by atoms with Crippen molar-refractivity contribution in [2.24, 2.45) is 5.92 Å². The van der Waals surface area contributed by atoms with Crippen LogP contribution in [0.3, 0.4) is 0 Å². The van der Waals surface area contributed by atoms with Crippen molar-refractivity contribution in [2.75, 3.05) is 18.6 Å². The lowest BCUT2D eigenvalue weighted by atomic mass is 9.97. The summed E-state index contributed by atoms with van der Waals surface area (Å²) in [5.41, 5.74) is 1.06. The van der Waals surface area contributed by atoms with E-state index in [1.54, 1.807) is 37.4 Å². The summed E-state index contributed by atoms with van der Waals surface area (Å²) in [5, 5.41) is 0.0785. The largest absolute Gasteiger partial charge is 0.493 e. The number of carbonyl (C=O) groups is 1. The molecule has 0 saturated heterocycles. The van der Waals surface area contributed by atoms with Crippen LogP contribution in [0.15, 0.2) is 74.3 Å². The highest BCUT2D eigenvalue weighted by molar-refractivity contribution is 9.10. The van der Waals surface area contributed by atoms with Crippen molar-refractivity contribution < 1.29 is 23.1 Å². The van der Waals surface area contributed by atoms with Gasteiger partial charge in [0, 0.05) is 10.2 Å². The summed E-state index contributed by atoms with van der Waals surface area (Å²) in [6.45, 7) is 4.77. The van der Waals surface area contributed by atoms with Gasteiger partial charge in [0.25, 0.3) is 5.91 Å². The van der Waals surface area contributed by atoms with Crippen LogP contribution in [0.1, 0.15) is 48.0 Å². The normalized spacial score (nSPS) is 14.9. The third-order valence-electron chi connectivity index (χ3n) is 6.39. The molecular formula is C29H25BrFNO5. The number of methoxy groups -OCH3 is 1. The third kappa shape index (κ3) is 4.62. The van der Waals surface area contributed by atoms with Gasteiger partial charge in [0.15, 0.2) is 16.9 Å². The molecule has 0 fully saturated rings. The Morgan fingerprint density at radius 3 is 2.49 bits per heavy atom. The highest BCUT2D eigenvalue weighted by atomic mass is 79.9. The van der Waals surface area contributed by atoms with Crippen molar-refractivity contribution in [3.8, 4) is 11.5 Å². The smallest absolute Gasteiger partial charge is 0.295 e. The Kier molecular flexibility index (Phi) is 6.77. The summed E-state index contributed by atoms with van der Waals surface area (Å²) < 4.78 is 32.3. The van der Waals surface area contributed by atoms with Crippen LogP contribution in [0, 0.1) is 11.7 Å². The number of nitrogens with zero attached hydrogens (tertiary/aromatic N) is 1. The number of fused-ring (bicyclic) bond motifs is 2. The maximum Gasteiger partial charge on any atom is 0.295 e. The minimum absolute atomic E-state index is 0.0618. The molecular weight excluding hydrogens is 541 g/mol. The van der Waals surface area contributed by atoms with Gasteiger partial charge in [0.05, 0.1) is 30.7 Å². The average Bonchev–Trinajstić information content (AvgIpc) is 3.17. The number of ether oxygens (including phenoxy) is 2. The molecule has 6 nitrogen and oxygen atoms in total. The Morgan fingerprint density at radius 1 is 1.03 bits per heavy atom. The number of benzene rings is 3. The van der Waals surface area contributed by atoms with E-state index in [1.807, 2.05) is 12.1 Å². The van der Waals surface area contributed by atoms with Crippen LogP contribution in [-0.2, 0) is 0 Å². The molecule has 4 aromatic rings. The van der Waals surface area contributed by atoms with E-state index in [4.69, 9.17) is 13.9 Å². The molecule has 0 spiro atoms. The van der Waals surface area contributed by atoms with E-state index >= 15 is 0 Å². The molecule has 1 aromatic heterocycles. The molecule has 1 aliphatic rings. The first kappa shape index (κ1) is 25.0. The molecule has 1 atom stereocenters. The van der Waals surface area contributed by atoms with Crippen molar-refractivity contribution in [3.63, 3.8) is 0 Å². The Morgan fingerprint density at radius 2 is 1.78 bits per heavy atom. The highest BCUT2D eigenvalue weighted by Crippen LogP contribution is 2.43. The van der Waals surface area contributed by atoms with E-state index in [0.717, 1.165) is 17.0 Å². The zero-order valence-corrected chi connectivity index (χ0v) is 22.2. The zero-order chi connectivity index (χ0) is 26.3. The van der Waals surface area contributed by atoms with Crippen molar-refractivity contribution in [3.05, 3.63) is 98.1 Å². The third-order valence-corrected chi connectivity index (χ3v) is 6.92. The molecule has 0 bridgehead atoms. The number of rotatable bonds is 7. The number of amides is 1. The van der Waals surface area contributed by atoms with E-state index in [2.05, 4.69) is 29.8 Å². The fraction of sp³-hybridized carbons (Fsp3) is 0.241. The van der Waals surface area contributed by atoms with E-state index in [9.17, 15) is 14.0 Å². The molecule has 0 aliphatic carbocycles. The molecule has 0 N–H and O–H groups in total. The SMILES string of the molecule is COc1cc(C2c3c(oc4ccc(F)cc4c3=O)C(=O)N2c2ccc(Br)cc2)ccc1OCCC(C)C. The number of anilines is 1. The molecule has 1 unspecified atom stereocenters. The second-order valence-corrected chi connectivity index (χ2v) is 10.2. The fourth-order valence-corrected chi connectivity index (χ4v) is 4.77. The lowest BCUT2D eigenvalue weighted by molar-refractivity contribution is 0.0971. The number of hydrogen-bond acceptors (Lipinski definition) is 5. The summed E-state index contributed by atoms with van der Waals surface area (Å²) in [6.07, 6.45) is 0.886. The lowest BCUT2D eigenvalue weighted by Gasteiger charge is -2.26. The van der Waals surface area contributed by atoms with E-state index in [1.165, 1.54) is 17.0 Å². The summed E-state index contributed by atoms with van der Waals surface area (Å²) >= 11 is 3.42. The van der Waals surface area contributed by atoms with Gasteiger partial charge in [0.2, 0.25) is 5.76 Å². The van der Waals surface area contributed by atoms with Crippen molar-refractivity contribution >= 4 is 38.5 Å². The number of hydrogen-bond donors (Lipinski definition) is 0. The molecule has 0 radical (unpaired) electrons. The predicted molar refractivity (Wildman–Crippen MR) is 143 cm³/mol. The highest BCUT2D eigenvalue weighted by Gasteiger charge is 2.44. The van der Waals surface area contributed by atoms with Gasteiger partial charge in [0.1, 0.15) is 11.4 Å². The standard InChI is InChI=1S/C29H25BrFNO5/c1-16(2)12-13-36-23-10-4-17(14-24(23)35-3)26-25-27(33)21-15-19(31)7-11-22(21)37-28(25)29(34)32(26)20-8-5-18(30)6-9-20/h4-11,14-16,26H,12-13H2,1-3H3. The van der Waals surface area contributed by atoms with Crippen LogP contribution < -0.4 is 19.8 Å². The Hall–Kier alpha value is -3.65. The number of halogens is 2. The molecule has 3 aromatic carbocycles. The van der Waals surface area contributed by atoms with E-state index < -0.39 is 23.2 Å². The molecule has 190 valence electrons. The maximum atomic E-state index is 14.0. The van der Waals surface area contributed by atoms with Crippen LogP contribution in [0.2, 0.25) is 0 Å². The van der Waals surface area contributed by atoms with Gasteiger partial charge in [-0.15, -0.1) is 0 Å². The fourth-order valence-electron chi connectivity index (χ4n) is 4.51. The summed E-state index contributed by atoms with van der Waals surface area (Å²) in [4.78, 5) is 28.9. The summed E-state index contributed by atoms with van der Waals surface area (Å²) in [6, 6.07) is 15.4. The summed E-state index contributed by atoms with van der Waals surface area (Å²) in [7, 11) is 1.54. The molecule has 1 amide bonds. The first-order valence-corrected chi connectivity index (χ1v) is 12.7. The van der Waals surface area contributed by atoms with Gasteiger partial charge in [-0.1, -0.05) is 35.8 Å². The molecule has 1 aliphatic heterocycles. The topological polar surface area (TPSA) is 69.0 Å². The summed E-state index contributed by atoms with van der Waals surface area (Å²) in [5.74, 6) is 0.461. The average molecular weight is 566 g/mol. The quantitative estimate of drug-likeness (QED) is 0.244. The Labute approximate surface area is 221 Å². The predicted octanol–water partition coefficient (Wildman–Crippen LogP) is 6.88. The second-order valence-electron chi connectivity index (χ2n) is 9.31. The van der Waals surface area contributed by atoms with Crippen LogP contribution in [0.25, 0.3) is 11.0 Å². The molecule has 8 heteroatoms. The van der Waals surface area contributed by atoms with Gasteiger partial charge in [-0.3, -0.25) is 14.5 Å². The van der Waals surface area contributed by atoms with Gasteiger partial charge >= 0.3 is 0 Å². The van der Waals surface area contributed by atoms with Crippen LogP contribution in [-0.4, -0.2) is 19.6 Å². The van der Waals surface area contributed by atoms with Gasteiger partial charge < -0.3 is 13.9 Å². The minimum Gasteiger partial charge on any atom is -0.493 e. The van der Waals surface area contributed by atoms with Crippen LogP contribution in [0.4, 0.5) is 10.1 Å². The van der Waals surface area contributed by atoms with Crippen molar-refractivity contribution in [2.45, 2.75) is 26.3 Å². The first-order valence-electron chi connectivity index (χ1n) is 11.9. The Bertz CT molecular complexity index is 1550. The number of carbonyl (C=O) groups excluding carboxylic acids is 1. The zero-order valence-electron chi connectivity index (χ0n) is 20.6. The van der Waals surface area contributed by atoms with Gasteiger partial charge in [-0.05, 0) is 72.5 Å². The monoisotopic (exact) mass is 565 g/mol. The van der Waals surface area contributed by atoms with Gasteiger partial charge in [-0.2, -0.15) is 0 Å². The molecule has 2 heterocycles. The van der Waals surface area contributed by atoms with Crippen LogP contribution in [0.5, 0.6) is 11.5 Å². The first-order chi connectivity index (χ1) is 17.8. The molecule has 37 heavy (non-hydrogen) atoms. The second kappa shape index (κ2) is 10.0. The van der Waals surface area contributed by atoms with Crippen molar-refractivity contribution in [1.82, 2.24) is 0 Å². The lowest BCUT2D eigenvalue weighted by Crippen LogP contribution is -2.29. The van der Waals surface area contributed by atoms with E-state index in [-0.39, 0.29) is 22.3 Å². The maximum absolute atomic E-state index is 14.0.